The van der Waals surface area contributed by atoms with Crippen molar-refractivity contribution in [2.75, 3.05) is 0 Å². The van der Waals surface area contributed by atoms with Crippen LogP contribution in [0.15, 0.2) is 0 Å². The van der Waals surface area contributed by atoms with Gasteiger partial charge in [0.1, 0.15) is 0 Å². The van der Waals surface area contributed by atoms with E-state index in [1.165, 1.54) is 77.0 Å². The van der Waals surface area contributed by atoms with Crippen LogP contribution >= 0.6 is 0 Å². The van der Waals surface area contributed by atoms with Gasteiger partial charge in [0.15, 0.2) is 0 Å². The van der Waals surface area contributed by atoms with Gasteiger partial charge in [0.2, 0.25) is 0 Å². The first kappa shape index (κ1) is 13.9. The smallest absolute Gasteiger partial charge is 0.0241 e. The number of nitrogens with two attached hydrogens (primary N) is 1. The van der Waals surface area contributed by atoms with Gasteiger partial charge in [-0.3, -0.25) is 11.3 Å². The SMILES string of the molecule is NNC(CC1CC2CCC1C2)C1CCCCCCC1. The molecule has 0 aromatic heterocycles. The minimum absolute atomic E-state index is 0.599. The summed E-state index contributed by atoms with van der Waals surface area (Å²) in [6, 6.07) is 0.599. The summed E-state index contributed by atoms with van der Waals surface area (Å²) in [6.45, 7) is 0. The van der Waals surface area contributed by atoms with Crippen molar-refractivity contribution in [2.45, 2.75) is 83.1 Å². The Morgan fingerprint density at radius 3 is 2.21 bits per heavy atom. The van der Waals surface area contributed by atoms with Crippen LogP contribution in [0.3, 0.4) is 0 Å². The van der Waals surface area contributed by atoms with Gasteiger partial charge >= 0.3 is 0 Å². The first-order valence-electron chi connectivity index (χ1n) is 8.83. The van der Waals surface area contributed by atoms with Crippen molar-refractivity contribution in [2.24, 2.45) is 29.5 Å². The van der Waals surface area contributed by atoms with Crippen LogP contribution in [0, 0.1) is 23.7 Å². The molecule has 0 aromatic carbocycles. The molecule has 3 rings (SSSR count). The summed E-state index contributed by atoms with van der Waals surface area (Å²) in [5.41, 5.74) is 3.21. The summed E-state index contributed by atoms with van der Waals surface area (Å²) in [6.07, 6.45) is 17.5. The van der Waals surface area contributed by atoms with Crippen molar-refractivity contribution in [1.29, 1.82) is 0 Å². The Kier molecular flexibility index (Phi) is 4.81. The second-order valence-corrected chi connectivity index (χ2v) is 7.55. The molecule has 2 bridgehead atoms. The maximum Gasteiger partial charge on any atom is 0.0241 e. The van der Waals surface area contributed by atoms with Gasteiger partial charge in [-0.05, 0) is 62.2 Å². The molecule has 0 heterocycles. The molecule has 0 spiro atoms. The molecule has 3 aliphatic carbocycles. The van der Waals surface area contributed by atoms with Crippen LogP contribution in [0.2, 0.25) is 0 Å². The van der Waals surface area contributed by atoms with E-state index in [-0.39, 0.29) is 0 Å². The zero-order valence-corrected chi connectivity index (χ0v) is 12.4. The lowest BCUT2D eigenvalue weighted by Gasteiger charge is -2.32. The van der Waals surface area contributed by atoms with Gasteiger partial charge in [-0.1, -0.05) is 38.5 Å². The molecule has 0 saturated heterocycles. The zero-order chi connectivity index (χ0) is 13.1. The van der Waals surface area contributed by atoms with Crippen LogP contribution in [0.4, 0.5) is 0 Å². The Morgan fingerprint density at radius 2 is 1.63 bits per heavy atom. The van der Waals surface area contributed by atoms with E-state index >= 15 is 0 Å². The summed E-state index contributed by atoms with van der Waals surface area (Å²) < 4.78 is 0. The second kappa shape index (κ2) is 6.58. The highest BCUT2D eigenvalue weighted by atomic mass is 15.2. The molecule has 2 heteroatoms. The molecular formula is C17H32N2. The molecule has 110 valence electrons. The fourth-order valence-corrected chi connectivity index (χ4v) is 5.28. The first-order valence-corrected chi connectivity index (χ1v) is 8.83. The molecular weight excluding hydrogens is 232 g/mol. The van der Waals surface area contributed by atoms with Crippen molar-refractivity contribution in [3.05, 3.63) is 0 Å². The molecule has 0 aromatic rings. The Bertz CT molecular complexity index is 270. The third kappa shape index (κ3) is 3.33. The Balaban J connectivity index is 1.53. The van der Waals surface area contributed by atoms with Crippen LogP contribution in [0.1, 0.15) is 77.0 Å². The fraction of sp³-hybridized carbons (Fsp3) is 1.00. The third-order valence-corrected chi connectivity index (χ3v) is 6.37. The van der Waals surface area contributed by atoms with Crippen molar-refractivity contribution in [1.82, 2.24) is 5.43 Å². The highest BCUT2D eigenvalue weighted by Crippen LogP contribution is 2.50. The molecule has 3 aliphatic rings. The maximum absolute atomic E-state index is 5.92. The number of nitrogens with one attached hydrogen (secondary N) is 1. The molecule has 0 radical (unpaired) electrons. The van der Waals surface area contributed by atoms with Crippen LogP contribution < -0.4 is 11.3 Å². The number of hydrogen-bond acceptors (Lipinski definition) is 2. The van der Waals surface area contributed by atoms with E-state index in [4.69, 9.17) is 5.84 Å². The second-order valence-electron chi connectivity index (χ2n) is 7.55. The van der Waals surface area contributed by atoms with Crippen LogP contribution in [0.25, 0.3) is 0 Å². The fourth-order valence-electron chi connectivity index (χ4n) is 5.28. The van der Waals surface area contributed by atoms with Gasteiger partial charge in [-0.2, -0.15) is 0 Å². The first-order chi connectivity index (χ1) is 9.36. The van der Waals surface area contributed by atoms with Crippen molar-refractivity contribution in [3.63, 3.8) is 0 Å². The predicted molar refractivity (Wildman–Crippen MR) is 80.5 cm³/mol. The van der Waals surface area contributed by atoms with E-state index in [9.17, 15) is 0 Å². The molecule has 4 atom stereocenters. The summed E-state index contributed by atoms with van der Waals surface area (Å²) >= 11 is 0. The lowest BCUT2D eigenvalue weighted by atomic mass is 9.78. The molecule has 3 N–H and O–H groups in total. The maximum atomic E-state index is 5.92. The standard InChI is InChI=1S/C17H32N2/c18-19-17(14-6-4-2-1-3-5-7-14)12-16-11-13-8-9-15(16)10-13/h13-17,19H,1-12,18H2. The van der Waals surface area contributed by atoms with E-state index in [0.717, 1.165) is 23.7 Å². The van der Waals surface area contributed by atoms with Gasteiger partial charge < -0.3 is 0 Å². The van der Waals surface area contributed by atoms with E-state index in [1.54, 1.807) is 0 Å². The van der Waals surface area contributed by atoms with E-state index < -0.39 is 0 Å². The van der Waals surface area contributed by atoms with Gasteiger partial charge in [-0.15, -0.1) is 0 Å². The lowest BCUT2D eigenvalue weighted by molar-refractivity contribution is 0.212. The zero-order valence-electron chi connectivity index (χ0n) is 12.4. The van der Waals surface area contributed by atoms with Gasteiger partial charge in [0.05, 0.1) is 0 Å². The minimum atomic E-state index is 0.599. The number of hydrazine groups is 1. The lowest BCUT2D eigenvalue weighted by Crippen LogP contribution is -2.43. The Hall–Kier alpha value is -0.0800. The molecule has 0 amide bonds. The Labute approximate surface area is 118 Å². The van der Waals surface area contributed by atoms with E-state index in [2.05, 4.69) is 5.43 Å². The third-order valence-electron chi connectivity index (χ3n) is 6.37. The van der Waals surface area contributed by atoms with Crippen molar-refractivity contribution in [3.8, 4) is 0 Å². The number of fused-ring (bicyclic) bond motifs is 2. The van der Waals surface area contributed by atoms with Crippen LogP contribution in [-0.2, 0) is 0 Å². The van der Waals surface area contributed by atoms with Gasteiger partial charge in [0, 0.05) is 6.04 Å². The van der Waals surface area contributed by atoms with Gasteiger partial charge in [0.25, 0.3) is 0 Å². The summed E-state index contributed by atoms with van der Waals surface area (Å²) in [7, 11) is 0. The largest absolute Gasteiger partial charge is 0.271 e. The summed E-state index contributed by atoms with van der Waals surface area (Å²) in [5, 5.41) is 0. The minimum Gasteiger partial charge on any atom is -0.271 e. The van der Waals surface area contributed by atoms with Crippen molar-refractivity contribution >= 4 is 0 Å². The summed E-state index contributed by atoms with van der Waals surface area (Å²) in [4.78, 5) is 0. The average molecular weight is 264 g/mol. The molecule has 2 nitrogen and oxygen atoms in total. The van der Waals surface area contributed by atoms with Crippen molar-refractivity contribution < 1.29 is 0 Å². The molecule has 3 saturated carbocycles. The molecule has 19 heavy (non-hydrogen) atoms. The number of hydrogen-bond donors (Lipinski definition) is 2. The highest BCUT2D eigenvalue weighted by molar-refractivity contribution is 4.92. The quantitative estimate of drug-likeness (QED) is 0.595. The van der Waals surface area contributed by atoms with Crippen LogP contribution in [0.5, 0.6) is 0 Å². The van der Waals surface area contributed by atoms with E-state index in [1.807, 2.05) is 0 Å². The normalized spacial score (nSPS) is 38.1. The van der Waals surface area contributed by atoms with E-state index in [0.29, 0.717) is 6.04 Å². The van der Waals surface area contributed by atoms with Gasteiger partial charge in [-0.25, -0.2) is 0 Å². The highest BCUT2D eigenvalue weighted by Gasteiger charge is 2.40. The monoisotopic (exact) mass is 264 g/mol. The number of rotatable bonds is 4. The molecule has 0 aliphatic heterocycles. The topological polar surface area (TPSA) is 38.0 Å². The summed E-state index contributed by atoms with van der Waals surface area (Å²) in [5.74, 6) is 9.89. The van der Waals surface area contributed by atoms with Crippen LogP contribution in [-0.4, -0.2) is 6.04 Å². The average Bonchev–Trinajstić information content (AvgIpc) is 2.98. The molecule has 3 fully saturated rings. The molecule has 4 unspecified atom stereocenters. The predicted octanol–water partition coefficient (Wildman–Crippen LogP) is 4.01. The Morgan fingerprint density at radius 1 is 0.895 bits per heavy atom.